The van der Waals surface area contributed by atoms with Crippen LogP contribution in [-0.2, 0) is 4.74 Å². The second kappa shape index (κ2) is 5.89. The van der Waals surface area contributed by atoms with E-state index >= 15 is 0 Å². The number of nitrogens with zero attached hydrogens (tertiary/aromatic N) is 1. The molecular formula is C13H26N2O3. The van der Waals surface area contributed by atoms with Gasteiger partial charge in [-0.2, -0.15) is 0 Å². The highest BCUT2D eigenvalue weighted by molar-refractivity contribution is 5.68. The molecule has 0 saturated carbocycles. The van der Waals surface area contributed by atoms with Gasteiger partial charge in [-0.05, 0) is 46.5 Å². The monoisotopic (exact) mass is 258 g/mol. The molecule has 106 valence electrons. The van der Waals surface area contributed by atoms with E-state index in [1.54, 1.807) is 11.8 Å². The second-order valence-electron chi connectivity index (χ2n) is 6.22. The fourth-order valence-corrected chi connectivity index (χ4v) is 2.25. The number of hydrogen-bond donors (Lipinski definition) is 2. The number of aliphatic hydroxyl groups excluding tert-OH is 1. The molecule has 1 aliphatic rings. The molecule has 0 radical (unpaired) electrons. The van der Waals surface area contributed by atoms with Crippen LogP contribution in [0.15, 0.2) is 0 Å². The summed E-state index contributed by atoms with van der Waals surface area (Å²) < 4.78 is 5.32. The van der Waals surface area contributed by atoms with Crippen LogP contribution in [0.25, 0.3) is 0 Å². The van der Waals surface area contributed by atoms with Gasteiger partial charge >= 0.3 is 6.09 Å². The third-order valence-electron chi connectivity index (χ3n) is 3.10. The zero-order chi connectivity index (χ0) is 13.9. The van der Waals surface area contributed by atoms with E-state index in [2.05, 4.69) is 0 Å². The van der Waals surface area contributed by atoms with E-state index in [1.165, 1.54) is 0 Å². The fraction of sp³-hybridized carbons (Fsp3) is 0.923. The van der Waals surface area contributed by atoms with Crippen molar-refractivity contribution in [1.29, 1.82) is 0 Å². The van der Waals surface area contributed by atoms with Crippen LogP contribution in [0.2, 0.25) is 0 Å². The first-order valence-electron chi connectivity index (χ1n) is 6.60. The lowest BCUT2D eigenvalue weighted by atomic mass is 9.88. The number of carbonyl (C=O) groups is 1. The SMILES string of the molecule is CC(O)CC1CCN(C(=O)OC(C)(C)C)CC1N. The minimum absolute atomic E-state index is 0.0825. The molecule has 1 aliphatic heterocycles. The van der Waals surface area contributed by atoms with Gasteiger partial charge in [0.1, 0.15) is 5.60 Å². The predicted octanol–water partition coefficient (Wildman–Crippen LogP) is 1.34. The van der Waals surface area contributed by atoms with Gasteiger partial charge in [-0.1, -0.05) is 0 Å². The molecule has 1 amide bonds. The molecule has 0 bridgehead atoms. The Kier molecular flexibility index (Phi) is 4.99. The number of aliphatic hydroxyl groups is 1. The molecule has 1 saturated heterocycles. The molecule has 1 heterocycles. The second-order valence-corrected chi connectivity index (χ2v) is 6.22. The third-order valence-corrected chi connectivity index (χ3v) is 3.10. The zero-order valence-corrected chi connectivity index (χ0v) is 11.8. The lowest BCUT2D eigenvalue weighted by molar-refractivity contribution is 0.0135. The van der Waals surface area contributed by atoms with Gasteiger partial charge in [0.05, 0.1) is 6.10 Å². The van der Waals surface area contributed by atoms with Crippen molar-refractivity contribution in [3.63, 3.8) is 0 Å². The number of rotatable bonds is 2. The molecule has 1 fully saturated rings. The lowest BCUT2D eigenvalue weighted by Crippen LogP contribution is -2.52. The molecule has 3 unspecified atom stereocenters. The number of carbonyl (C=O) groups excluding carboxylic acids is 1. The Balaban J connectivity index is 2.48. The minimum Gasteiger partial charge on any atom is -0.444 e. The third kappa shape index (κ3) is 4.82. The van der Waals surface area contributed by atoms with Crippen molar-refractivity contribution in [2.75, 3.05) is 13.1 Å². The molecule has 5 heteroatoms. The zero-order valence-electron chi connectivity index (χ0n) is 11.8. The predicted molar refractivity (Wildman–Crippen MR) is 70.2 cm³/mol. The van der Waals surface area contributed by atoms with Crippen LogP contribution in [0.5, 0.6) is 0 Å². The van der Waals surface area contributed by atoms with Gasteiger partial charge in [-0.15, -0.1) is 0 Å². The molecule has 0 spiro atoms. The van der Waals surface area contributed by atoms with Crippen molar-refractivity contribution in [3.05, 3.63) is 0 Å². The van der Waals surface area contributed by atoms with Crippen molar-refractivity contribution in [2.24, 2.45) is 11.7 Å². The Morgan fingerprint density at radius 1 is 1.56 bits per heavy atom. The summed E-state index contributed by atoms with van der Waals surface area (Å²) in [5, 5.41) is 9.39. The van der Waals surface area contributed by atoms with Crippen LogP contribution >= 0.6 is 0 Å². The van der Waals surface area contributed by atoms with Crippen LogP contribution in [0.4, 0.5) is 4.79 Å². The first-order chi connectivity index (χ1) is 8.19. The summed E-state index contributed by atoms with van der Waals surface area (Å²) in [6, 6.07) is -0.0825. The molecule has 1 rings (SSSR count). The number of likely N-dealkylation sites (tertiary alicyclic amines) is 1. The van der Waals surface area contributed by atoms with Gasteiger partial charge in [0.2, 0.25) is 0 Å². The van der Waals surface area contributed by atoms with Crippen LogP contribution in [0, 0.1) is 5.92 Å². The molecule has 0 aromatic carbocycles. The van der Waals surface area contributed by atoms with Crippen LogP contribution < -0.4 is 5.73 Å². The van der Waals surface area contributed by atoms with Crippen molar-refractivity contribution >= 4 is 6.09 Å². The van der Waals surface area contributed by atoms with Crippen LogP contribution in [-0.4, -0.2) is 46.9 Å². The molecular weight excluding hydrogens is 232 g/mol. The van der Waals surface area contributed by atoms with Gasteiger partial charge in [-0.3, -0.25) is 0 Å². The lowest BCUT2D eigenvalue weighted by Gasteiger charge is -2.37. The quantitative estimate of drug-likeness (QED) is 0.783. The van der Waals surface area contributed by atoms with E-state index in [1.807, 2.05) is 20.8 Å². The Morgan fingerprint density at radius 2 is 2.17 bits per heavy atom. The Hall–Kier alpha value is -0.810. The topological polar surface area (TPSA) is 75.8 Å². The Morgan fingerprint density at radius 3 is 2.61 bits per heavy atom. The van der Waals surface area contributed by atoms with Gasteiger partial charge in [-0.25, -0.2) is 4.79 Å². The highest BCUT2D eigenvalue weighted by Gasteiger charge is 2.31. The molecule has 0 aromatic rings. The summed E-state index contributed by atoms with van der Waals surface area (Å²) in [7, 11) is 0. The van der Waals surface area contributed by atoms with E-state index < -0.39 is 5.60 Å². The average molecular weight is 258 g/mol. The van der Waals surface area contributed by atoms with Crippen LogP contribution in [0.3, 0.4) is 0 Å². The average Bonchev–Trinajstić information content (AvgIpc) is 2.17. The maximum absolute atomic E-state index is 11.9. The number of amides is 1. The van der Waals surface area contributed by atoms with Crippen molar-refractivity contribution < 1.29 is 14.6 Å². The summed E-state index contributed by atoms with van der Waals surface area (Å²) in [6.45, 7) is 8.49. The van der Waals surface area contributed by atoms with Crippen molar-refractivity contribution in [3.8, 4) is 0 Å². The van der Waals surface area contributed by atoms with Gasteiger partial charge in [0.15, 0.2) is 0 Å². The largest absolute Gasteiger partial charge is 0.444 e. The summed E-state index contributed by atoms with van der Waals surface area (Å²) in [5.41, 5.74) is 5.58. The van der Waals surface area contributed by atoms with Crippen molar-refractivity contribution in [2.45, 2.75) is 58.3 Å². The van der Waals surface area contributed by atoms with Gasteiger partial charge in [0, 0.05) is 19.1 Å². The fourth-order valence-electron chi connectivity index (χ4n) is 2.25. The molecule has 5 nitrogen and oxygen atoms in total. The summed E-state index contributed by atoms with van der Waals surface area (Å²) in [5.74, 6) is 0.281. The minimum atomic E-state index is -0.475. The first-order valence-corrected chi connectivity index (χ1v) is 6.60. The molecule has 18 heavy (non-hydrogen) atoms. The highest BCUT2D eigenvalue weighted by atomic mass is 16.6. The van der Waals surface area contributed by atoms with E-state index in [0.717, 1.165) is 6.42 Å². The normalized spacial score (nSPS) is 26.9. The Labute approximate surface area is 109 Å². The smallest absolute Gasteiger partial charge is 0.410 e. The van der Waals surface area contributed by atoms with E-state index in [4.69, 9.17) is 10.5 Å². The maximum atomic E-state index is 11.9. The van der Waals surface area contributed by atoms with E-state index in [9.17, 15) is 9.90 Å². The summed E-state index contributed by atoms with van der Waals surface area (Å²) >= 11 is 0. The maximum Gasteiger partial charge on any atom is 0.410 e. The summed E-state index contributed by atoms with van der Waals surface area (Å²) in [6.07, 6.45) is 0.886. The summed E-state index contributed by atoms with van der Waals surface area (Å²) in [4.78, 5) is 13.5. The molecule has 3 N–H and O–H groups in total. The molecule has 0 aromatic heterocycles. The number of ether oxygens (including phenoxy) is 1. The van der Waals surface area contributed by atoms with Gasteiger partial charge in [0.25, 0.3) is 0 Å². The van der Waals surface area contributed by atoms with Gasteiger partial charge < -0.3 is 20.5 Å². The number of nitrogens with two attached hydrogens (primary N) is 1. The number of hydrogen-bond acceptors (Lipinski definition) is 4. The van der Waals surface area contributed by atoms with E-state index in [-0.39, 0.29) is 24.2 Å². The number of piperidine rings is 1. The highest BCUT2D eigenvalue weighted by Crippen LogP contribution is 2.22. The Bertz CT molecular complexity index is 286. The molecule has 3 atom stereocenters. The molecule has 0 aliphatic carbocycles. The van der Waals surface area contributed by atoms with Crippen molar-refractivity contribution in [1.82, 2.24) is 4.90 Å². The first kappa shape index (κ1) is 15.2. The van der Waals surface area contributed by atoms with Crippen LogP contribution in [0.1, 0.15) is 40.5 Å². The van der Waals surface area contributed by atoms with E-state index in [0.29, 0.717) is 19.5 Å². The standard InChI is InChI=1S/C13H26N2O3/c1-9(16)7-10-5-6-15(8-11(10)14)12(17)18-13(2,3)4/h9-11,16H,5-8,14H2,1-4H3.